The minimum absolute atomic E-state index is 0.248. The van der Waals surface area contributed by atoms with Gasteiger partial charge in [-0.3, -0.25) is 9.59 Å². The van der Waals surface area contributed by atoms with Crippen LogP contribution >= 0.6 is 0 Å². The first-order valence-electron chi connectivity index (χ1n) is 15.5. The van der Waals surface area contributed by atoms with Crippen LogP contribution in [0.2, 0.25) is 0 Å². The number of aryl methyl sites for hydroxylation is 1. The Balaban J connectivity index is 0. The van der Waals surface area contributed by atoms with Crippen molar-refractivity contribution in [2.24, 2.45) is 5.92 Å². The number of carbonyl (C=O) groups excluding carboxylic acids is 2. The summed E-state index contributed by atoms with van der Waals surface area (Å²) >= 11 is 0. The minimum atomic E-state index is 0.248. The quantitative estimate of drug-likeness (QED) is 0.130. The van der Waals surface area contributed by atoms with Gasteiger partial charge in [-0.2, -0.15) is 0 Å². The summed E-state index contributed by atoms with van der Waals surface area (Å²) in [7, 11) is 4.81. The van der Waals surface area contributed by atoms with Gasteiger partial charge in [-0.05, 0) is 76.1 Å². The molecule has 7 nitrogen and oxygen atoms in total. The normalized spacial score (nSPS) is 14.3. The van der Waals surface area contributed by atoms with Gasteiger partial charge in [0.1, 0.15) is 0 Å². The smallest absolute Gasteiger partial charge is 0.222 e. The number of hydrogen-bond acceptors (Lipinski definition) is 5. The van der Waals surface area contributed by atoms with Crippen LogP contribution in [0.5, 0.6) is 17.2 Å². The third-order valence-electron chi connectivity index (χ3n) is 6.40. The predicted octanol–water partition coefficient (Wildman–Crippen LogP) is 8.19. The van der Waals surface area contributed by atoms with E-state index >= 15 is 0 Å². The number of methoxy groups -OCH3 is 3. The van der Waals surface area contributed by atoms with Crippen LogP contribution in [0.3, 0.4) is 0 Å². The fraction of sp³-hybridized carbons (Fsp3) is 0.556. The van der Waals surface area contributed by atoms with E-state index in [4.69, 9.17) is 14.2 Å². The van der Waals surface area contributed by atoms with Crippen molar-refractivity contribution < 1.29 is 23.8 Å². The molecule has 0 spiro atoms. The van der Waals surface area contributed by atoms with E-state index in [0.29, 0.717) is 36.1 Å². The molecule has 2 amide bonds. The number of amides is 2. The van der Waals surface area contributed by atoms with Crippen molar-refractivity contribution in [1.29, 1.82) is 0 Å². The lowest BCUT2D eigenvalue weighted by Crippen LogP contribution is -2.33. The molecule has 0 aromatic heterocycles. The highest BCUT2D eigenvalue weighted by molar-refractivity contribution is 5.76. The average molecular weight is 601 g/mol. The number of allylic oxidation sites excluding steroid dienone is 6. The van der Waals surface area contributed by atoms with Gasteiger partial charge >= 0.3 is 0 Å². The van der Waals surface area contributed by atoms with Crippen molar-refractivity contribution >= 4 is 12.3 Å². The second kappa shape index (κ2) is 26.2. The third kappa shape index (κ3) is 17.3. The van der Waals surface area contributed by atoms with E-state index < -0.39 is 0 Å². The van der Waals surface area contributed by atoms with Gasteiger partial charge in [0.05, 0.1) is 21.3 Å². The van der Waals surface area contributed by atoms with E-state index in [1.165, 1.54) is 0 Å². The average Bonchev–Trinajstić information content (AvgIpc) is 3.50. The zero-order chi connectivity index (χ0) is 33.2. The highest BCUT2D eigenvalue weighted by Crippen LogP contribution is 2.37. The number of benzene rings is 1. The molecule has 0 saturated carbocycles. The first-order chi connectivity index (χ1) is 20.7. The molecule has 0 bridgehead atoms. The number of rotatable bonds is 13. The summed E-state index contributed by atoms with van der Waals surface area (Å²) < 4.78 is 15.5. The predicted molar refractivity (Wildman–Crippen MR) is 182 cm³/mol. The van der Waals surface area contributed by atoms with E-state index in [0.717, 1.165) is 62.0 Å². The lowest BCUT2D eigenvalue weighted by atomic mass is 10.1. The van der Waals surface area contributed by atoms with Gasteiger partial charge in [0.25, 0.3) is 0 Å². The maximum atomic E-state index is 12.0. The van der Waals surface area contributed by atoms with Crippen LogP contribution in [-0.2, 0) is 9.59 Å². The van der Waals surface area contributed by atoms with Gasteiger partial charge in [0.15, 0.2) is 11.5 Å². The second-order valence-corrected chi connectivity index (χ2v) is 9.96. The minimum Gasteiger partial charge on any atom is -0.493 e. The van der Waals surface area contributed by atoms with Gasteiger partial charge in [0.2, 0.25) is 18.1 Å². The molecule has 1 heterocycles. The fourth-order valence-electron chi connectivity index (χ4n) is 4.34. The van der Waals surface area contributed by atoms with Crippen LogP contribution in [0.15, 0.2) is 60.2 Å². The van der Waals surface area contributed by atoms with E-state index in [9.17, 15) is 9.59 Å². The zero-order valence-electron chi connectivity index (χ0n) is 29.0. The zero-order valence-corrected chi connectivity index (χ0v) is 29.0. The van der Waals surface area contributed by atoms with Crippen molar-refractivity contribution in [2.45, 2.75) is 81.1 Å². The number of likely N-dealkylation sites (tertiary alicyclic amines) is 1. The molecule has 1 fully saturated rings. The summed E-state index contributed by atoms with van der Waals surface area (Å²) in [5.41, 5.74) is 3.39. The third-order valence-corrected chi connectivity index (χ3v) is 6.40. The Labute approximate surface area is 263 Å². The van der Waals surface area contributed by atoms with E-state index in [-0.39, 0.29) is 5.91 Å². The molecule has 0 aliphatic carbocycles. The van der Waals surface area contributed by atoms with Crippen molar-refractivity contribution in [3.63, 3.8) is 0 Å². The number of carbonyl (C=O) groups is 2. The Morgan fingerprint density at radius 1 is 1.09 bits per heavy atom. The molecule has 43 heavy (non-hydrogen) atoms. The molecule has 0 N–H and O–H groups in total. The van der Waals surface area contributed by atoms with Crippen LogP contribution in [-0.4, -0.2) is 69.6 Å². The van der Waals surface area contributed by atoms with Crippen LogP contribution in [0.4, 0.5) is 0 Å². The molecular weight excluding hydrogens is 540 g/mol. The molecule has 1 aromatic carbocycles. The van der Waals surface area contributed by atoms with Gasteiger partial charge in [-0.15, -0.1) is 6.58 Å². The Kier molecular flexibility index (Phi) is 25.4. The highest BCUT2D eigenvalue weighted by atomic mass is 16.5. The van der Waals surface area contributed by atoms with Crippen molar-refractivity contribution in [3.05, 3.63) is 65.8 Å². The maximum Gasteiger partial charge on any atom is 0.222 e. The van der Waals surface area contributed by atoms with Crippen LogP contribution in [0.25, 0.3) is 0 Å². The number of ether oxygens (including phenoxy) is 3. The van der Waals surface area contributed by atoms with Gasteiger partial charge in [-0.25, -0.2) is 0 Å². The highest BCUT2D eigenvalue weighted by Gasteiger charge is 2.26. The Morgan fingerprint density at radius 3 is 2.09 bits per heavy atom. The van der Waals surface area contributed by atoms with Gasteiger partial charge in [-0.1, -0.05) is 63.6 Å². The second-order valence-electron chi connectivity index (χ2n) is 9.96. The summed E-state index contributed by atoms with van der Waals surface area (Å²) in [6.45, 7) is 22.6. The topological polar surface area (TPSA) is 68.3 Å². The molecule has 2 rings (SSSR count). The Morgan fingerprint density at radius 2 is 1.67 bits per heavy atom. The summed E-state index contributed by atoms with van der Waals surface area (Å²) in [4.78, 5) is 27.2. The molecule has 1 aliphatic rings. The Hall–Kier alpha value is -3.48. The van der Waals surface area contributed by atoms with Gasteiger partial charge in [0, 0.05) is 32.6 Å². The summed E-state index contributed by atoms with van der Waals surface area (Å²) in [5, 5.41) is 0. The molecule has 1 saturated heterocycles. The lowest BCUT2D eigenvalue weighted by Gasteiger charge is -2.22. The van der Waals surface area contributed by atoms with E-state index in [1.807, 2.05) is 75.6 Å². The summed E-state index contributed by atoms with van der Waals surface area (Å²) in [5.74, 6) is 2.66. The van der Waals surface area contributed by atoms with Crippen LogP contribution < -0.4 is 14.2 Å². The fourth-order valence-corrected chi connectivity index (χ4v) is 4.34. The molecule has 1 atom stereocenters. The Bertz CT molecular complexity index is 988. The number of nitrogens with zero attached hydrogens (tertiary/aromatic N) is 2. The monoisotopic (exact) mass is 600 g/mol. The first kappa shape index (κ1) is 41.7. The molecule has 1 aliphatic heterocycles. The van der Waals surface area contributed by atoms with E-state index in [2.05, 4.69) is 38.7 Å². The van der Waals surface area contributed by atoms with Crippen molar-refractivity contribution in [3.8, 4) is 17.2 Å². The molecule has 244 valence electrons. The summed E-state index contributed by atoms with van der Waals surface area (Å²) in [6, 6.07) is 3.81. The van der Waals surface area contributed by atoms with Crippen molar-refractivity contribution in [2.75, 3.05) is 47.5 Å². The lowest BCUT2D eigenvalue weighted by molar-refractivity contribution is -0.130. The molecule has 0 radical (unpaired) electrons. The van der Waals surface area contributed by atoms with Crippen LogP contribution in [0.1, 0.15) is 79.7 Å². The van der Waals surface area contributed by atoms with Crippen LogP contribution in [0, 0.1) is 12.8 Å². The molecule has 1 unspecified atom stereocenters. The SMILES string of the molecule is C=CCC.CC.COc1cc(C)cc(OC)c1OC.C\C=C/C(=C\C)/C=C(\C)CN(C=O)CC1CCN(C(=O)CCC)C1. The van der Waals surface area contributed by atoms with Crippen molar-refractivity contribution in [1.82, 2.24) is 9.80 Å². The largest absolute Gasteiger partial charge is 0.493 e. The van der Waals surface area contributed by atoms with Gasteiger partial charge < -0.3 is 24.0 Å². The van der Waals surface area contributed by atoms with E-state index in [1.54, 1.807) is 21.3 Å². The standard InChI is InChI=1S/C20H32N2O2.C10H14O3.C4H8.C2H6/c1-5-8-18(7-3)12-17(4)13-21(16-23)14-19-10-11-22(15-19)20(24)9-6-2;1-7-5-8(11-2)10(13-4)9(6-7)12-3;1-3-4-2;1-2/h5,7-8,12,16,19H,6,9-11,13-15H2,1-4H3;5-6H,1-4H3;3H,1,4H2,2H3;1-2H3/b8-5-,17-12+,18-7+;;;. The molecular formula is C36H60N2O5. The molecule has 1 aromatic rings. The molecule has 7 heteroatoms. The summed E-state index contributed by atoms with van der Waals surface area (Å²) in [6.07, 6.45) is 14.6. The number of hydrogen-bond donors (Lipinski definition) is 0. The maximum absolute atomic E-state index is 12.0. The first-order valence-corrected chi connectivity index (χ1v) is 15.5.